The highest BCUT2D eigenvalue weighted by atomic mass is 16.3. The smallest absolute Gasteiger partial charge is 0.0631 e. The number of piperidine rings is 1. The summed E-state index contributed by atoms with van der Waals surface area (Å²) in [5.41, 5.74) is 0.140. The molecule has 0 bridgehead atoms. The van der Waals surface area contributed by atoms with Gasteiger partial charge in [-0.1, -0.05) is 27.7 Å². The first-order chi connectivity index (χ1) is 8.40. The van der Waals surface area contributed by atoms with E-state index in [0.29, 0.717) is 5.92 Å². The van der Waals surface area contributed by atoms with Crippen molar-refractivity contribution < 1.29 is 5.11 Å². The van der Waals surface area contributed by atoms with E-state index in [9.17, 15) is 5.11 Å². The van der Waals surface area contributed by atoms with Crippen LogP contribution in [0.1, 0.15) is 53.4 Å². The van der Waals surface area contributed by atoms with Crippen molar-refractivity contribution in [3.63, 3.8) is 0 Å². The van der Waals surface area contributed by atoms with Crippen molar-refractivity contribution in [3.05, 3.63) is 0 Å². The van der Waals surface area contributed by atoms with Crippen molar-refractivity contribution in [1.82, 2.24) is 4.90 Å². The van der Waals surface area contributed by atoms with E-state index in [-0.39, 0.29) is 11.5 Å². The van der Waals surface area contributed by atoms with Gasteiger partial charge in [0.1, 0.15) is 0 Å². The first kappa shape index (κ1) is 14.3. The van der Waals surface area contributed by atoms with E-state index >= 15 is 0 Å². The Balaban J connectivity index is 1.79. The van der Waals surface area contributed by atoms with E-state index in [1.54, 1.807) is 0 Å². The number of hydrogen-bond acceptors (Lipinski definition) is 2. The first-order valence-corrected chi connectivity index (χ1v) is 7.80. The minimum Gasteiger partial charge on any atom is -0.392 e. The molecule has 106 valence electrons. The minimum absolute atomic E-state index is 0.0969. The second-order valence-electron chi connectivity index (χ2n) is 7.61. The molecule has 2 atom stereocenters. The van der Waals surface area contributed by atoms with Gasteiger partial charge in [0, 0.05) is 6.54 Å². The van der Waals surface area contributed by atoms with Crippen molar-refractivity contribution in [2.24, 2.45) is 23.2 Å². The third kappa shape index (κ3) is 3.08. The van der Waals surface area contributed by atoms with E-state index in [2.05, 4.69) is 32.6 Å². The molecule has 2 heteroatoms. The molecule has 2 nitrogen and oxygen atoms in total. The number of aliphatic hydroxyl groups excluding tert-OH is 1. The predicted octanol–water partition coefficient (Wildman–Crippen LogP) is 3.15. The molecule has 2 fully saturated rings. The lowest BCUT2D eigenvalue weighted by atomic mass is 9.85. The molecule has 2 aliphatic rings. The summed E-state index contributed by atoms with van der Waals surface area (Å²) in [6.45, 7) is 12.7. The summed E-state index contributed by atoms with van der Waals surface area (Å²) >= 11 is 0. The summed E-state index contributed by atoms with van der Waals surface area (Å²) in [7, 11) is 0. The van der Waals surface area contributed by atoms with E-state index < -0.39 is 0 Å². The molecule has 0 radical (unpaired) electrons. The van der Waals surface area contributed by atoms with Crippen LogP contribution in [0.25, 0.3) is 0 Å². The average Bonchev–Trinajstić information content (AvgIpc) is 2.57. The Morgan fingerprint density at radius 2 is 1.78 bits per heavy atom. The fraction of sp³-hybridized carbons (Fsp3) is 1.00. The molecule has 1 saturated carbocycles. The maximum Gasteiger partial charge on any atom is 0.0631 e. The number of rotatable bonds is 3. The van der Waals surface area contributed by atoms with Gasteiger partial charge in [-0.2, -0.15) is 0 Å². The van der Waals surface area contributed by atoms with Crippen LogP contribution in [0.5, 0.6) is 0 Å². The molecule has 1 N–H and O–H groups in total. The maximum absolute atomic E-state index is 10.4. The topological polar surface area (TPSA) is 23.5 Å². The van der Waals surface area contributed by atoms with Gasteiger partial charge >= 0.3 is 0 Å². The zero-order valence-corrected chi connectivity index (χ0v) is 12.7. The van der Waals surface area contributed by atoms with Gasteiger partial charge in [-0.05, 0) is 61.9 Å². The number of nitrogens with zero attached hydrogens (tertiary/aromatic N) is 1. The molecule has 1 aliphatic heterocycles. The number of hydrogen-bond donors (Lipinski definition) is 1. The van der Waals surface area contributed by atoms with Crippen LogP contribution in [-0.4, -0.2) is 35.7 Å². The Morgan fingerprint density at radius 1 is 1.17 bits per heavy atom. The third-order valence-electron chi connectivity index (χ3n) is 5.47. The molecular weight excluding hydrogens is 222 g/mol. The molecule has 0 aromatic rings. The van der Waals surface area contributed by atoms with Crippen LogP contribution < -0.4 is 0 Å². The van der Waals surface area contributed by atoms with Crippen molar-refractivity contribution >= 4 is 0 Å². The normalized spacial score (nSPS) is 34.3. The van der Waals surface area contributed by atoms with Crippen LogP contribution in [0.15, 0.2) is 0 Å². The Hall–Kier alpha value is -0.0800. The van der Waals surface area contributed by atoms with Crippen molar-refractivity contribution in [2.45, 2.75) is 59.5 Å². The van der Waals surface area contributed by atoms with Gasteiger partial charge in [-0.15, -0.1) is 0 Å². The van der Waals surface area contributed by atoms with Crippen LogP contribution in [0.2, 0.25) is 0 Å². The second kappa shape index (κ2) is 5.50. The molecule has 1 heterocycles. The monoisotopic (exact) mass is 253 g/mol. The third-order valence-corrected chi connectivity index (χ3v) is 5.47. The largest absolute Gasteiger partial charge is 0.392 e. The summed E-state index contributed by atoms with van der Waals surface area (Å²) in [5.74, 6) is 2.27. The lowest BCUT2D eigenvalue weighted by Crippen LogP contribution is -2.41. The van der Waals surface area contributed by atoms with E-state index in [4.69, 9.17) is 0 Å². The molecule has 1 aliphatic carbocycles. The Bertz CT molecular complexity index is 266. The fourth-order valence-corrected chi connectivity index (χ4v) is 3.83. The summed E-state index contributed by atoms with van der Waals surface area (Å²) in [6, 6.07) is 0. The number of aliphatic hydroxyl groups is 1. The maximum atomic E-state index is 10.4. The van der Waals surface area contributed by atoms with E-state index in [0.717, 1.165) is 18.4 Å². The minimum atomic E-state index is -0.0969. The highest BCUT2D eigenvalue weighted by Gasteiger charge is 2.41. The summed E-state index contributed by atoms with van der Waals surface area (Å²) < 4.78 is 0. The standard InChI is InChI=1S/C16H31NO/c1-12(2)13-6-9-17(10-7-13)11-14-5-8-16(3,4)15(14)18/h12-15,18H,5-11H2,1-4H3. The lowest BCUT2D eigenvalue weighted by molar-refractivity contribution is 0.0264. The Morgan fingerprint density at radius 3 is 2.22 bits per heavy atom. The zero-order valence-electron chi connectivity index (χ0n) is 12.7. The average molecular weight is 253 g/mol. The highest BCUT2D eigenvalue weighted by Crippen LogP contribution is 2.41. The molecule has 0 spiro atoms. The lowest BCUT2D eigenvalue weighted by Gasteiger charge is -2.36. The summed E-state index contributed by atoms with van der Waals surface area (Å²) in [5, 5.41) is 10.4. The highest BCUT2D eigenvalue weighted by molar-refractivity contribution is 4.92. The molecule has 0 aromatic carbocycles. The van der Waals surface area contributed by atoms with E-state index in [1.807, 2.05) is 0 Å². The van der Waals surface area contributed by atoms with Crippen molar-refractivity contribution in [1.29, 1.82) is 0 Å². The molecule has 18 heavy (non-hydrogen) atoms. The summed E-state index contributed by atoms with van der Waals surface area (Å²) in [4.78, 5) is 2.59. The first-order valence-electron chi connectivity index (χ1n) is 7.80. The Kier molecular flexibility index (Phi) is 4.38. The zero-order chi connectivity index (χ0) is 13.3. The van der Waals surface area contributed by atoms with Gasteiger partial charge < -0.3 is 10.0 Å². The molecule has 2 unspecified atom stereocenters. The quantitative estimate of drug-likeness (QED) is 0.835. The molecule has 2 rings (SSSR count). The predicted molar refractivity (Wildman–Crippen MR) is 76.5 cm³/mol. The summed E-state index contributed by atoms with van der Waals surface area (Å²) in [6.07, 6.45) is 4.99. The van der Waals surface area contributed by atoms with Gasteiger partial charge in [0.05, 0.1) is 6.10 Å². The van der Waals surface area contributed by atoms with Gasteiger partial charge in [-0.3, -0.25) is 0 Å². The molecule has 0 amide bonds. The van der Waals surface area contributed by atoms with Crippen molar-refractivity contribution in [3.8, 4) is 0 Å². The molecular formula is C16H31NO. The van der Waals surface area contributed by atoms with Gasteiger partial charge in [-0.25, -0.2) is 0 Å². The van der Waals surface area contributed by atoms with Crippen LogP contribution in [0.3, 0.4) is 0 Å². The Labute approximate surface area is 113 Å². The van der Waals surface area contributed by atoms with Crippen LogP contribution in [0, 0.1) is 23.2 Å². The van der Waals surface area contributed by atoms with Gasteiger partial charge in [0.25, 0.3) is 0 Å². The fourth-order valence-electron chi connectivity index (χ4n) is 3.83. The van der Waals surface area contributed by atoms with E-state index in [1.165, 1.54) is 38.8 Å². The SMILES string of the molecule is CC(C)C1CCN(CC2CCC(C)(C)C2O)CC1. The van der Waals surface area contributed by atoms with Crippen LogP contribution in [-0.2, 0) is 0 Å². The van der Waals surface area contributed by atoms with Crippen LogP contribution in [0.4, 0.5) is 0 Å². The van der Waals surface area contributed by atoms with Crippen LogP contribution >= 0.6 is 0 Å². The van der Waals surface area contributed by atoms with Gasteiger partial charge in [0.2, 0.25) is 0 Å². The molecule has 0 aromatic heterocycles. The van der Waals surface area contributed by atoms with Crippen molar-refractivity contribution in [2.75, 3.05) is 19.6 Å². The van der Waals surface area contributed by atoms with Gasteiger partial charge in [0.15, 0.2) is 0 Å². The number of likely N-dealkylation sites (tertiary alicyclic amines) is 1. The molecule has 1 saturated heterocycles. The second-order valence-corrected chi connectivity index (χ2v) is 7.61.